The van der Waals surface area contributed by atoms with Crippen molar-refractivity contribution < 1.29 is 13.9 Å². The highest BCUT2D eigenvalue weighted by atomic mass is 32.1. The summed E-state index contributed by atoms with van der Waals surface area (Å²) >= 11 is 1.43. The minimum Gasteiger partial charge on any atom is -0.396 e. The van der Waals surface area contributed by atoms with Crippen LogP contribution in [0.25, 0.3) is 11.3 Å². The molecule has 0 amide bonds. The van der Waals surface area contributed by atoms with Crippen LogP contribution in [-0.2, 0) is 6.42 Å². The van der Waals surface area contributed by atoms with E-state index in [1.807, 2.05) is 0 Å². The molecule has 18 heavy (non-hydrogen) atoms. The molecule has 0 aliphatic heterocycles. The van der Waals surface area contributed by atoms with Gasteiger partial charge < -0.3 is 5.11 Å². The average Bonchev–Trinajstić information content (AvgIpc) is 2.81. The number of aryl methyl sites for hydroxylation is 1. The Hall–Kier alpha value is -1.33. The molecule has 0 fully saturated rings. The fraction of sp³-hybridized carbons (Fsp3) is 0.308. The molecule has 0 spiro atoms. The fourth-order valence-electron chi connectivity index (χ4n) is 1.63. The van der Waals surface area contributed by atoms with Crippen LogP contribution < -0.4 is 0 Å². The second-order valence-corrected chi connectivity index (χ2v) is 4.87. The highest BCUT2D eigenvalue weighted by molar-refractivity contribution is 7.09. The van der Waals surface area contributed by atoms with Gasteiger partial charge in [0.1, 0.15) is 11.6 Å². The van der Waals surface area contributed by atoms with E-state index in [9.17, 15) is 8.78 Å². The summed E-state index contributed by atoms with van der Waals surface area (Å²) in [4.78, 5) is 4.28. The third kappa shape index (κ3) is 3.11. The summed E-state index contributed by atoms with van der Waals surface area (Å²) in [5, 5.41) is 11.3. The molecule has 0 atom stereocenters. The largest absolute Gasteiger partial charge is 0.396 e. The molecule has 0 unspecified atom stereocenters. The number of benzene rings is 1. The molecule has 2 rings (SSSR count). The molecule has 5 heteroatoms. The van der Waals surface area contributed by atoms with Crippen LogP contribution in [0.2, 0.25) is 0 Å². The first-order chi connectivity index (χ1) is 8.70. The number of nitrogens with zero attached hydrogens (tertiary/aromatic N) is 1. The Morgan fingerprint density at radius 1 is 1.22 bits per heavy atom. The maximum atomic E-state index is 13.5. The molecule has 1 aromatic heterocycles. The number of aliphatic hydroxyl groups is 1. The Balaban J connectivity index is 2.16. The number of hydrogen-bond donors (Lipinski definition) is 1. The number of hydrogen-bond acceptors (Lipinski definition) is 3. The van der Waals surface area contributed by atoms with E-state index in [-0.39, 0.29) is 12.2 Å². The van der Waals surface area contributed by atoms with Gasteiger partial charge in [-0.3, -0.25) is 0 Å². The molecule has 0 aliphatic carbocycles. The highest BCUT2D eigenvalue weighted by Crippen LogP contribution is 2.26. The lowest BCUT2D eigenvalue weighted by atomic mass is 10.1. The average molecular weight is 269 g/mol. The molecule has 2 aromatic rings. The maximum absolute atomic E-state index is 13.5. The van der Waals surface area contributed by atoms with Gasteiger partial charge in [-0.15, -0.1) is 11.3 Å². The summed E-state index contributed by atoms with van der Waals surface area (Å²) in [6, 6.07) is 3.35. The summed E-state index contributed by atoms with van der Waals surface area (Å²) in [7, 11) is 0. The Bertz CT molecular complexity index is 527. The highest BCUT2D eigenvalue weighted by Gasteiger charge is 2.10. The second kappa shape index (κ2) is 6.02. The smallest absolute Gasteiger partial charge is 0.132 e. The SMILES string of the molecule is OCCCCc1nc(-c2cc(F)ccc2F)cs1. The van der Waals surface area contributed by atoms with Gasteiger partial charge in [0, 0.05) is 17.6 Å². The monoisotopic (exact) mass is 269 g/mol. The standard InChI is InChI=1S/C13H13F2NOS/c14-9-4-5-11(15)10(7-9)12-8-18-13(16-12)3-1-2-6-17/h4-5,7-8,17H,1-3,6H2. The Labute approximate surface area is 108 Å². The first kappa shape index (κ1) is 13.1. The van der Waals surface area contributed by atoms with Crippen molar-refractivity contribution >= 4 is 11.3 Å². The molecule has 1 aromatic carbocycles. The van der Waals surface area contributed by atoms with Crippen molar-refractivity contribution in [2.24, 2.45) is 0 Å². The minimum absolute atomic E-state index is 0.163. The predicted octanol–water partition coefficient (Wildman–Crippen LogP) is 3.40. The van der Waals surface area contributed by atoms with Gasteiger partial charge in [-0.05, 0) is 37.5 Å². The number of thiazole rings is 1. The number of halogens is 2. The lowest BCUT2D eigenvalue weighted by Gasteiger charge is -1.99. The molecule has 0 bridgehead atoms. The minimum atomic E-state index is -0.471. The van der Waals surface area contributed by atoms with Crippen LogP contribution in [0.3, 0.4) is 0 Å². The molecular formula is C13H13F2NOS. The lowest BCUT2D eigenvalue weighted by molar-refractivity contribution is 0.284. The van der Waals surface area contributed by atoms with Gasteiger partial charge in [-0.1, -0.05) is 0 Å². The Kier molecular flexibility index (Phi) is 4.38. The van der Waals surface area contributed by atoms with Crippen LogP contribution >= 0.6 is 11.3 Å². The van der Waals surface area contributed by atoms with Gasteiger partial charge in [0.05, 0.1) is 10.7 Å². The van der Waals surface area contributed by atoms with Crippen LogP contribution in [0.5, 0.6) is 0 Å². The first-order valence-electron chi connectivity index (χ1n) is 5.71. The zero-order valence-corrected chi connectivity index (χ0v) is 10.5. The van der Waals surface area contributed by atoms with Crippen LogP contribution in [0.1, 0.15) is 17.8 Å². The lowest BCUT2D eigenvalue weighted by Crippen LogP contribution is -1.90. The van der Waals surface area contributed by atoms with Gasteiger partial charge in [0.25, 0.3) is 0 Å². The number of rotatable bonds is 5. The quantitative estimate of drug-likeness (QED) is 0.844. The first-order valence-corrected chi connectivity index (χ1v) is 6.59. The third-order valence-corrected chi connectivity index (χ3v) is 3.46. The molecule has 0 saturated carbocycles. The molecule has 0 aliphatic rings. The van der Waals surface area contributed by atoms with Gasteiger partial charge in [0.2, 0.25) is 0 Å². The summed E-state index contributed by atoms with van der Waals surface area (Å²) in [6.45, 7) is 0.163. The molecule has 1 N–H and O–H groups in total. The van der Waals surface area contributed by atoms with Gasteiger partial charge in [-0.25, -0.2) is 13.8 Å². The van der Waals surface area contributed by atoms with Crippen LogP contribution in [0, 0.1) is 11.6 Å². The van der Waals surface area contributed by atoms with Crippen molar-refractivity contribution in [2.75, 3.05) is 6.61 Å². The van der Waals surface area contributed by atoms with E-state index in [1.54, 1.807) is 5.38 Å². The molecule has 2 nitrogen and oxygen atoms in total. The fourth-order valence-corrected chi connectivity index (χ4v) is 2.47. The van der Waals surface area contributed by atoms with E-state index in [1.165, 1.54) is 11.3 Å². The number of aliphatic hydroxyl groups excluding tert-OH is 1. The van der Waals surface area contributed by atoms with Crippen molar-refractivity contribution in [3.05, 3.63) is 40.2 Å². The summed E-state index contributed by atoms with van der Waals surface area (Å²) < 4.78 is 26.6. The van der Waals surface area contributed by atoms with Crippen molar-refractivity contribution in [3.8, 4) is 11.3 Å². The van der Waals surface area contributed by atoms with Gasteiger partial charge in [-0.2, -0.15) is 0 Å². The molecule has 0 radical (unpaired) electrons. The van der Waals surface area contributed by atoms with Crippen LogP contribution in [0.4, 0.5) is 8.78 Å². The molecule has 0 saturated heterocycles. The van der Waals surface area contributed by atoms with E-state index in [2.05, 4.69) is 4.98 Å². The zero-order valence-electron chi connectivity index (χ0n) is 9.70. The van der Waals surface area contributed by atoms with Crippen LogP contribution in [-0.4, -0.2) is 16.7 Å². The van der Waals surface area contributed by atoms with E-state index < -0.39 is 11.6 Å². The summed E-state index contributed by atoms with van der Waals surface area (Å²) in [5.41, 5.74) is 0.663. The van der Waals surface area contributed by atoms with E-state index in [4.69, 9.17) is 5.11 Å². The Morgan fingerprint density at radius 3 is 2.83 bits per heavy atom. The van der Waals surface area contributed by atoms with Crippen molar-refractivity contribution in [3.63, 3.8) is 0 Å². The second-order valence-electron chi connectivity index (χ2n) is 3.93. The zero-order chi connectivity index (χ0) is 13.0. The predicted molar refractivity (Wildman–Crippen MR) is 67.5 cm³/mol. The summed E-state index contributed by atoms with van der Waals surface area (Å²) in [5.74, 6) is -0.940. The van der Waals surface area contributed by atoms with Gasteiger partial charge in [0.15, 0.2) is 0 Å². The summed E-state index contributed by atoms with van der Waals surface area (Å²) in [6.07, 6.45) is 2.32. The van der Waals surface area contributed by atoms with Crippen LogP contribution in [0.15, 0.2) is 23.6 Å². The molecule has 96 valence electrons. The van der Waals surface area contributed by atoms with Crippen molar-refractivity contribution in [1.82, 2.24) is 4.98 Å². The maximum Gasteiger partial charge on any atom is 0.132 e. The van der Waals surface area contributed by atoms with Crippen molar-refractivity contribution in [1.29, 1.82) is 0 Å². The number of aromatic nitrogens is 1. The van der Waals surface area contributed by atoms with E-state index >= 15 is 0 Å². The number of unbranched alkanes of at least 4 members (excludes halogenated alkanes) is 1. The normalized spacial score (nSPS) is 10.8. The molecule has 1 heterocycles. The van der Waals surface area contributed by atoms with E-state index in [0.29, 0.717) is 5.69 Å². The topological polar surface area (TPSA) is 33.1 Å². The Morgan fingerprint density at radius 2 is 2.06 bits per heavy atom. The van der Waals surface area contributed by atoms with E-state index in [0.717, 1.165) is 42.5 Å². The third-order valence-electron chi connectivity index (χ3n) is 2.55. The van der Waals surface area contributed by atoms with Gasteiger partial charge >= 0.3 is 0 Å². The molecular weight excluding hydrogens is 256 g/mol. The van der Waals surface area contributed by atoms with Crippen molar-refractivity contribution in [2.45, 2.75) is 19.3 Å².